The van der Waals surface area contributed by atoms with Gasteiger partial charge in [0.2, 0.25) is 4.29 Å². The second kappa shape index (κ2) is 13.3. The molecule has 20 atom stereocenters. The van der Waals surface area contributed by atoms with E-state index in [1.807, 2.05) is 13.8 Å². The number of rotatable bonds is 12. The molecule has 5 N–H and O–H groups in total. The lowest BCUT2D eigenvalue weighted by molar-refractivity contribution is -0.373. The van der Waals surface area contributed by atoms with Crippen LogP contribution in [0.25, 0.3) is 0 Å². The molecule has 0 aromatic heterocycles. The predicted octanol–water partition coefficient (Wildman–Crippen LogP) is -1.39. The van der Waals surface area contributed by atoms with Crippen LogP contribution in [-0.2, 0) is 47.4 Å². The van der Waals surface area contributed by atoms with E-state index >= 15 is 0 Å². The van der Waals surface area contributed by atoms with Crippen molar-refractivity contribution in [2.45, 2.75) is 133 Å². The number of hydrogen-bond acceptors (Lipinski definition) is 16. The zero-order valence-electron chi connectivity index (χ0n) is 28.8. The normalized spacial score (nSPS) is 55.4. The van der Waals surface area contributed by atoms with Crippen molar-refractivity contribution in [2.24, 2.45) is 23.7 Å². The van der Waals surface area contributed by atoms with E-state index in [9.17, 15) is 15.0 Å². The van der Waals surface area contributed by atoms with Crippen LogP contribution in [0.1, 0.15) is 34.6 Å². The van der Waals surface area contributed by atoms with Gasteiger partial charge in [0.25, 0.3) is 0 Å². The van der Waals surface area contributed by atoms with Gasteiger partial charge in [-0.25, -0.2) is 4.79 Å². The van der Waals surface area contributed by atoms with Crippen molar-refractivity contribution < 1.29 is 77.7 Å². The summed E-state index contributed by atoms with van der Waals surface area (Å²) in [6.45, 7) is 8.98. The maximum atomic E-state index is 12.4. The monoisotopic (exact) mass is 656 g/mol. The van der Waals surface area contributed by atoms with Crippen molar-refractivity contribution in [1.29, 1.82) is 4.29 Å². The Balaban J connectivity index is 1.26. The minimum Gasteiger partial charge on any atom is -0.424 e. The third kappa shape index (κ3) is 6.23. The fraction of sp³-hybridized carbons (Fsp3) is 0.966. The molecule has 45 heavy (non-hydrogen) atoms. The van der Waals surface area contributed by atoms with E-state index in [-0.39, 0.29) is 43.7 Å². The summed E-state index contributed by atoms with van der Waals surface area (Å²) in [5, 5.41) is 36.1. The first kappa shape index (κ1) is 29.9. The maximum absolute atomic E-state index is 12.4. The summed E-state index contributed by atoms with van der Waals surface area (Å²) in [7, 11) is 0. The Kier molecular flexibility index (Phi) is 8.85. The van der Waals surface area contributed by atoms with E-state index in [0.717, 1.165) is 0 Å². The molecule has 0 amide bonds. The van der Waals surface area contributed by atoms with Crippen LogP contribution in [0, 0.1) is 23.7 Å². The van der Waals surface area contributed by atoms with E-state index in [4.69, 9.17) is 51.7 Å². The molecule has 6 aliphatic rings. The molecule has 0 radical (unpaired) electrons. The van der Waals surface area contributed by atoms with Gasteiger partial charge in [-0.3, -0.25) is 0 Å². The van der Waals surface area contributed by atoms with Gasteiger partial charge >= 0.3 is 6.16 Å². The highest BCUT2D eigenvalue weighted by atomic mass is 16.8. The van der Waals surface area contributed by atoms with Crippen LogP contribution < -0.4 is 0 Å². The quantitative estimate of drug-likeness (QED) is 0.121. The molecule has 11 unspecified atom stereocenters. The topological polar surface area (TPSA) is 214 Å². The first-order valence-electron chi connectivity index (χ1n) is 16.9. The van der Waals surface area contributed by atoms with Crippen molar-refractivity contribution in [3.63, 3.8) is 0 Å². The molecule has 0 aromatic rings. The molecule has 6 fully saturated rings. The molecule has 16 nitrogen and oxygen atoms in total. The van der Waals surface area contributed by atoms with Gasteiger partial charge in [-0.1, -0.05) is 27.7 Å². The summed E-state index contributed by atoms with van der Waals surface area (Å²) in [6, 6.07) is 0. The molecule has 16 heteroatoms. The molecule has 6 rings (SSSR count). The van der Waals surface area contributed by atoms with E-state index in [1.54, 1.807) is 6.92 Å². The summed E-state index contributed by atoms with van der Waals surface area (Å²) in [5.74, 6) is -0.356. The molecule has 0 spiro atoms. The standard InChI is InChI=1S/C29H46O16/c1-9-10(2)13(5)36-25(11(9)3)42-24-22-20(44-29(35)45-22)16(8-32)39-28(24)40-19-12(4)26(37-14(6-30)17(19)33)41-21-18(34)15(7-31)38-27-23(21)43-27/h9-28,30-34H,6-8H2,1-5H3/t9-,10-,11?,12?,13?,14?,15?,16?,17-,18-,19+,20-,21?,22-,23?,24?,25-,26?,27?,28-/m0/s1/i30T,31T,32T. The van der Waals surface area contributed by atoms with E-state index < -0.39 is 104 Å². The number of carbonyl (C=O) groups is 1. The van der Waals surface area contributed by atoms with Gasteiger partial charge < -0.3 is 72.9 Å². The number of hydrogen-bond donors (Lipinski definition) is 5. The molecule has 0 bridgehead atoms. The number of ether oxygens (including phenoxy) is 10. The fourth-order valence-electron chi connectivity index (χ4n) is 6.99. The molecule has 0 saturated carbocycles. The third-order valence-electron chi connectivity index (χ3n) is 10.4. The van der Waals surface area contributed by atoms with Crippen LogP contribution in [0.2, 0.25) is 0 Å². The van der Waals surface area contributed by atoms with Gasteiger partial charge in [0.1, 0.15) is 42.7 Å². The second-order valence-electron chi connectivity index (χ2n) is 13.1. The molecular formula is C29H46O16. The SMILES string of the molecule is [3H]OCC1OC2OC2C(OC2OC(CO[3H])[C@H](O)[C@H](O[C@@H]3OC(CO[3H])[C@@H]4OC(=O)O[C@@H]4C3O[C@@H]3OC(C)[C@@H](C)[C@H](C)C3C)C2C)[C@H]1O. The van der Waals surface area contributed by atoms with Crippen LogP contribution in [-0.4, -0.2) is 154 Å². The smallest absolute Gasteiger partial charge is 0.424 e. The first-order valence-corrected chi connectivity index (χ1v) is 15.7. The minimum atomic E-state index is -1.37. The number of fused-ring (bicyclic) bond motifs is 2. The van der Waals surface area contributed by atoms with Crippen LogP contribution in [0.4, 0.5) is 4.79 Å². The van der Waals surface area contributed by atoms with Crippen molar-refractivity contribution in [1.82, 2.24) is 0 Å². The van der Waals surface area contributed by atoms with Crippen molar-refractivity contribution >= 4 is 6.16 Å². The first-order chi connectivity index (χ1) is 23.0. The van der Waals surface area contributed by atoms with Gasteiger partial charge in [0.15, 0.2) is 43.5 Å². The van der Waals surface area contributed by atoms with Crippen molar-refractivity contribution in [3.05, 3.63) is 0 Å². The van der Waals surface area contributed by atoms with Crippen molar-refractivity contribution in [2.75, 3.05) is 19.8 Å². The maximum Gasteiger partial charge on any atom is 0.509 e. The lowest BCUT2D eigenvalue weighted by atomic mass is 9.79. The Hall–Kier alpha value is -1.25. The highest BCUT2D eigenvalue weighted by molar-refractivity contribution is 5.63. The van der Waals surface area contributed by atoms with Crippen LogP contribution in [0.3, 0.4) is 0 Å². The van der Waals surface area contributed by atoms with Gasteiger partial charge in [-0.2, -0.15) is 0 Å². The third-order valence-corrected chi connectivity index (χ3v) is 10.4. The van der Waals surface area contributed by atoms with Gasteiger partial charge in [0.05, 0.1) is 32.0 Å². The Morgan fingerprint density at radius 3 is 1.91 bits per heavy atom. The number of carbonyl (C=O) groups excluding carboxylic acids is 1. The average Bonchev–Trinajstić information content (AvgIpc) is 3.72. The van der Waals surface area contributed by atoms with Gasteiger partial charge in [-0.05, 0) is 18.8 Å². The average molecular weight is 657 g/mol. The highest BCUT2D eigenvalue weighted by Gasteiger charge is 2.61. The Labute approximate surface area is 265 Å². The van der Waals surface area contributed by atoms with E-state index in [2.05, 4.69) is 29.2 Å². The lowest BCUT2D eigenvalue weighted by Crippen LogP contribution is -2.64. The Morgan fingerprint density at radius 2 is 1.18 bits per heavy atom. The number of aliphatic hydroxyl groups is 5. The predicted molar refractivity (Wildman–Crippen MR) is 145 cm³/mol. The molecule has 6 saturated heterocycles. The Morgan fingerprint density at radius 1 is 0.600 bits per heavy atom. The number of aliphatic hydroxyl groups excluding tert-OH is 5. The minimum absolute atomic E-state index is 0.0739. The number of epoxide rings is 1. The zero-order chi connectivity index (χ0) is 34.4. The van der Waals surface area contributed by atoms with Crippen LogP contribution >= 0.6 is 0 Å². The van der Waals surface area contributed by atoms with E-state index in [1.165, 1.54) is 0 Å². The zero-order valence-corrected chi connectivity index (χ0v) is 25.8. The molecule has 6 heterocycles. The molecule has 258 valence electrons. The summed E-state index contributed by atoms with van der Waals surface area (Å²) in [6.07, 6.45) is -16.4. The highest BCUT2D eigenvalue weighted by Crippen LogP contribution is 2.43. The van der Waals surface area contributed by atoms with E-state index in [0.29, 0.717) is 0 Å². The second-order valence-corrected chi connectivity index (χ2v) is 13.1. The summed E-state index contributed by atoms with van der Waals surface area (Å²) in [4.78, 5) is 12.4. The summed E-state index contributed by atoms with van der Waals surface area (Å²) >= 11 is 0. The lowest BCUT2D eigenvalue weighted by Gasteiger charge is -2.49. The van der Waals surface area contributed by atoms with Gasteiger partial charge in [-0.15, -0.1) is 0 Å². The van der Waals surface area contributed by atoms with Crippen LogP contribution in [0.15, 0.2) is 0 Å². The summed E-state index contributed by atoms with van der Waals surface area (Å²) < 4.78 is 81.6. The summed E-state index contributed by atoms with van der Waals surface area (Å²) in [5.41, 5.74) is 0. The fourth-order valence-corrected chi connectivity index (χ4v) is 6.99. The molecule has 0 aliphatic carbocycles. The largest absolute Gasteiger partial charge is 0.509 e. The molecule has 0 aromatic carbocycles. The van der Waals surface area contributed by atoms with Crippen molar-refractivity contribution in [3.8, 4) is 0 Å². The van der Waals surface area contributed by atoms with Gasteiger partial charge in [0, 0.05) is 11.8 Å². The molecule has 6 aliphatic heterocycles. The molecular weight excluding hydrogens is 604 g/mol. The Bertz CT molecular complexity index is 1100. The van der Waals surface area contributed by atoms with Crippen LogP contribution in [0.5, 0.6) is 0 Å².